The third kappa shape index (κ3) is 4.25. The summed E-state index contributed by atoms with van der Waals surface area (Å²) in [6, 6.07) is 11.2. The van der Waals surface area contributed by atoms with Crippen LogP contribution in [0.4, 0.5) is 0 Å². The van der Waals surface area contributed by atoms with Crippen LogP contribution in [0.15, 0.2) is 46.3 Å². The second kappa shape index (κ2) is 8.18. The summed E-state index contributed by atoms with van der Waals surface area (Å²) < 4.78 is 10.4. The SMILES string of the molecule is Cc1ccsc1CN(C)C(=O)COC(=O)c1c(-c2ccccc2)noc1C. The van der Waals surface area contributed by atoms with E-state index in [1.807, 2.05) is 48.7 Å². The minimum absolute atomic E-state index is 0.241. The van der Waals surface area contributed by atoms with Gasteiger partial charge in [-0.25, -0.2) is 4.79 Å². The van der Waals surface area contributed by atoms with Gasteiger partial charge in [0.2, 0.25) is 0 Å². The first-order valence-corrected chi connectivity index (χ1v) is 9.31. The van der Waals surface area contributed by atoms with E-state index in [0.29, 0.717) is 18.0 Å². The van der Waals surface area contributed by atoms with Crippen LogP contribution in [0.3, 0.4) is 0 Å². The molecule has 0 N–H and O–H groups in total. The number of thiophene rings is 1. The van der Waals surface area contributed by atoms with Gasteiger partial charge in [-0.3, -0.25) is 4.79 Å². The van der Waals surface area contributed by atoms with E-state index in [2.05, 4.69) is 5.16 Å². The number of carbonyl (C=O) groups is 2. The maximum Gasteiger partial charge on any atom is 0.344 e. The number of likely N-dealkylation sites (N-methyl/N-ethyl adjacent to an activating group) is 1. The molecule has 6 nitrogen and oxygen atoms in total. The van der Waals surface area contributed by atoms with Crippen LogP contribution in [0.5, 0.6) is 0 Å². The molecule has 27 heavy (non-hydrogen) atoms. The van der Waals surface area contributed by atoms with Gasteiger partial charge in [0.25, 0.3) is 5.91 Å². The first-order valence-electron chi connectivity index (χ1n) is 8.43. The van der Waals surface area contributed by atoms with Gasteiger partial charge in [-0.1, -0.05) is 35.5 Å². The van der Waals surface area contributed by atoms with Crippen molar-refractivity contribution >= 4 is 23.2 Å². The van der Waals surface area contributed by atoms with Gasteiger partial charge in [-0.05, 0) is 30.9 Å². The van der Waals surface area contributed by atoms with Gasteiger partial charge < -0.3 is 14.2 Å². The fourth-order valence-corrected chi connectivity index (χ4v) is 3.54. The molecule has 3 aromatic rings. The molecule has 2 heterocycles. The molecular weight excluding hydrogens is 364 g/mol. The van der Waals surface area contributed by atoms with E-state index >= 15 is 0 Å². The molecule has 0 fully saturated rings. The van der Waals surface area contributed by atoms with E-state index in [4.69, 9.17) is 9.26 Å². The molecular formula is C20H20N2O4S. The molecule has 0 atom stereocenters. The van der Waals surface area contributed by atoms with Crippen molar-refractivity contribution in [3.8, 4) is 11.3 Å². The standard InChI is InChI=1S/C20H20N2O4S/c1-13-9-10-27-16(13)11-22(3)17(23)12-25-20(24)18-14(2)26-21-19(18)15-7-5-4-6-8-15/h4-10H,11-12H2,1-3H3. The molecule has 0 bridgehead atoms. The highest BCUT2D eigenvalue weighted by Crippen LogP contribution is 2.25. The van der Waals surface area contributed by atoms with Gasteiger partial charge in [0.15, 0.2) is 6.61 Å². The Morgan fingerprint density at radius 2 is 1.93 bits per heavy atom. The lowest BCUT2D eigenvalue weighted by atomic mass is 10.1. The van der Waals surface area contributed by atoms with Gasteiger partial charge in [-0.2, -0.15) is 0 Å². The third-order valence-electron chi connectivity index (χ3n) is 4.22. The van der Waals surface area contributed by atoms with Crippen molar-refractivity contribution in [1.29, 1.82) is 0 Å². The lowest BCUT2D eigenvalue weighted by Crippen LogP contribution is -2.30. The molecule has 3 rings (SSSR count). The second-order valence-corrected chi connectivity index (χ2v) is 7.18. The Kier molecular flexibility index (Phi) is 5.71. The fraction of sp³-hybridized carbons (Fsp3) is 0.250. The zero-order chi connectivity index (χ0) is 19.4. The van der Waals surface area contributed by atoms with Gasteiger partial charge in [0.1, 0.15) is 17.0 Å². The summed E-state index contributed by atoms with van der Waals surface area (Å²) in [5.74, 6) is -0.540. The number of amides is 1. The number of aryl methyl sites for hydroxylation is 2. The highest BCUT2D eigenvalue weighted by Gasteiger charge is 2.24. The zero-order valence-electron chi connectivity index (χ0n) is 15.4. The molecule has 1 aromatic carbocycles. The second-order valence-electron chi connectivity index (χ2n) is 6.18. The van der Waals surface area contributed by atoms with Crippen molar-refractivity contribution in [3.05, 3.63) is 63.5 Å². The minimum atomic E-state index is -0.623. The molecule has 0 aliphatic rings. The van der Waals surface area contributed by atoms with E-state index in [1.165, 1.54) is 0 Å². The Balaban J connectivity index is 1.65. The van der Waals surface area contributed by atoms with Crippen molar-refractivity contribution in [2.24, 2.45) is 0 Å². The van der Waals surface area contributed by atoms with Crippen molar-refractivity contribution in [1.82, 2.24) is 10.1 Å². The first kappa shape index (κ1) is 18.8. The minimum Gasteiger partial charge on any atom is -0.452 e. The number of hydrogen-bond donors (Lipinski definition) is 0. The van der Waals surface area contributed by atoms with Crippen LogP contribution in [0, 0.1) is 13.8 Å². The third-order valence-corrected chi connectivity index (χ3v) is 5.22. The van der Waals surface area contributed by atoms with E-state index in [-0.39, 0.29) is 18.1 Å². The number of carbonyl (C=O) groups excluding carboxylic acids is 2. The summed E-state index contributed by atoms with van der Waals surface area (Å²) in [6.45, 7) is 3.80. The Hall–Kier alpha value is -2.93. The Morgan fingerprint density at radius 1 is 1.19 bits per heavy atom. The van der Waals surface area contributed by atoms with Gasteiger partial charge >= 0.3 is 5.97 Å². The van der Waals surface area contributed by atoms with Gasteiger partial charge in [-0.15, -0.1) is 11.3 Å². The van der Waals surface area contributed by atoms with Crippen LogP contribution < -0.4 is 0 Å². The number of aromatic nitrogens is 1. The van der Waals surface area contributed by atoms with Crippen LogP contribution in [0.25, 0.3) is 11.3 Å². The molecule has 0 unspecified atom stereocenters. The quantitative estimate of drug-likeness (QED) is 0.604. The normalized spacial score (nSPS) is 10.6. The highest BCUT2D eigenvalue weighted by atomic mass is 32.1. The van der Waals surface area contributed by atoms with Crippen LogP contribution in [0.1, 0.15) is 26.6 Å². The Labute approximate surface area is 161 Å². The summed E-state index contributed by atoms with van der Waals surface area (Å²) in [4.78, 5) is 27.5. The van der Waals surface area contributed by atoms with Gasteiger partial charge in [0, 0.05) is 17.5 Å². The summed E-state index contributed by atoms with van der Waals surface area (Å²) >= 11 is 1.60. The number of rotatable bonds is 6. The average molecular weight is 384 g/mol. The Bertz CT molecular complexity index is 946. The largest absolute Gasteiger partial charge is 0.452 e. The molecule has 0 saturated heterocycles. The Morgan fingerprint density at radius 3 is 2.59 bits per heavy atom. The lowest BCUT2D eigenvalue weighted by molar-refractivity contribution is -0.133. The van der Waals surface area contributed by atoms with Crippen molar-refractivity contribution < 1.29 is 18.8 Å². The average Bonchev–Trinajstić information content (AvgIpc) is 3.25. The number of nitrogens with zero attached hydrogens (tertiary/aromatic N) is 2. The maximum absolute atomic E-state index is 12.5. The van der Waals surface area contributed by atoms with E-state index in [0.717, 1.165) is 16.0 Å². The number of benzene rings is 1. The van der Waals surface area contributed by atoms with Gasteiger partial charge in [0.05, 0.1) is 6.54 Å². The summed E-state index contributed by atoms with van der Waals surface area (Å²) in [6.07, 6.45) is 0. The predicted molar refractivity (Wildman–Crippen MR) is 102 cm³/mol. The molecule has 1 amide bonds. The number of esters is 1. The molecule has 0 saturated carbocycles. The zero-order valence-corrected chi connectivity index (χ0v) is 16.2. The molecule has 140 valence electrons. The van der Waals surface area contributed by atoms with Crippen LogP contribution >= 0.6 is 11.3 Å². The summed E-state index contributed by atoms with van der Waals surface area (Å²) in [5.41, 5.74) is 2.54. The van der Waals surface area contributed by atoms with Crippen LogP contribution in [-0.2, 0) is 16.1 Å². The maximum atomic E-state index is 12.5. The molecule has 7 heteroatoms. The predicted octanol–water partition coefficient (Wildman–Crippen LogP) is 3.84. The fourth-order valence-electron chi connectivity index (χ4n) is 2.58. The monoisotopic (exact) mass is 384 g/mol. The van der Waals surface area contributed by atoms with Crippen molar-refractivity contribution in [3.63, 3.8) is 0 Å². The molecule has 2 aromatic heterocycles. The lowest BCUT2D eigenvalue weighted by Gasteiger charge is -2.16. The molecule has 0 radical (unpaired) electrons. The van der Waals surface area contributed by atoms with Crippen molar-refractivity contribution in [2.45, 2.75) is 20.4 Å². The molecule has 0 aliphatic heterocycles. The number of ether oxygens (including phenoxy) is 1. The molecule has 0 aliphatic carbocycles. The van der Waals surface area contributed by atoms with Crippen LogP contribution in [-0.4, -0.2) is 35.6 Å². The number of hydrogen-bond acceptors (Lipinski definition) is 6. The van der Waals surface area contributed by atoms with Crippen LogP contribution in [0.2, 0.25) is 0 Å². The van der Waals surface area contributed by atoms with E-state index in [9.17, 15) is 9.59 Å². The topological polar surface area (TPSA) is 72.6 Å². The summed E-state index contributed by atoms with van der Waals surface area (Å²) in [5, 5.41) is 5.95. The van der Waals surface area contributed by atoms with E-state index in [1.54, 1.807) is 30.2 Å². The smallest absolute Gasteiger partial charge is 0.344 e. The first-order chi connectivity index (χ1) is 13.0. The highest BCUT2D eigenvalue weighted by molar-refractivity contribution is 7.10. The van der Waals surface area contributed by atoms with Crippen molar-refractivity contribution in [2.75, 3.05) is 13.7 Å². The van der Waals surface area contributed by atoms with E-state index < -0.39 is 5.97 Å². The molecule has 0 spiro atoms. The summed E-state index contributed by atoms with van der Waals surface area (Å²) in [7, 11) is 1.69.